The molecule has 0 radical (unpaired) electrons. The number of carbonyl (C=O) groups is 2. The molecule has 39 heavy (non-hydrogen) atoms. The van der Waals surface area contributed by atoms with E-state index in [0.29, 0.717) is 17.0 Å². The zero-order chi connectivity index (χ0) is 28.2. The Bertz CT molecular complexity index is 1500. The van der Waals surface area contributed by atoms with Gasteiger partial charge in [-0.05, 0) is 94.6 Å². The SMILES string of the molecule is CCc1n[nH]c2nc(-c3cc(NC(=O)c4cc(C)cc(OCCNC(=O)OC(C)(C)C)c4)ccc3C)ccc12. The Morgan fingerprint density at radius 3 is 2.56 bits per heavy atom. The van der Waals surface area contributed by atoms with Gasteiger partial charge in [0, 0.05) is 22.2 Å². The van der Waals surface area contributed by atoms with Crippen LogP contribution in [-0.2, 0) is 11.2 Å². The second-order valence-electron chi connectivity index (χ2n) is 10.4. The quantitative estimate of drug-likeness (QED) is 0.242. The summed E-state index contributed by atoms with van der Waals surface area (Å²) in [6.07, 6.45) is 0.328. The van der Waals surface area contributed by atoms with E-state index in [0.717, 1.165) is 45.5 Å². The number of aryl methyl sites for hydroxylation is 3. The number of benzene rings is 2. The zero-order valence-corrected chi connectivity index (χ0v) is 23.3. The lowest BCUT2D eigenvalue weighted by Crippen LogP contribution is -2.34. The maximum absolute atomic E-state index is 13.1. The fourth-order valence-corrected chi connectivity index (χ4v) is 4.15. The summed E-state index contributed by atoms with van der Waals surface area (Å²) in [5.41, 5.74) is 5.94. The van der Waals surface area contributed by atoms with Crippen LogP contribution in [-0.4, -0.2) is 45.9 Å². The molecule has 0 saturated carbocycles. The number of nitrogens with one attached hydrogen (secondary N) is 3. The summed E-state index contributed by atoms with van der Waals surface area (Å²) in [6, 6.07) is 15.1. The highest BCUT2D eigenvalue weighted by Gasteiger charge is 2.16. The van der Waals surface area contributed by atoms with Crippen molar-refractivity contribution in [2.24, 2.45) is 0 Å². The molecule has 0 spiro atoms. The predicted octanol–water partition coefficient (Wildman–Crippen LogP) is 5.96. The topological polar surface area (TPSA) is 118 Å². The lowest BCUT2D eigenvalue weighted by molar-refractivity contribution is 0.0520. The number of hydrogen-bond acceptors (Lipinski definition) is 6. The molecule has 0 fully saturated rings. The third kappa shape index (κ3) is 7.13. The van der Waals surface area contributed by atoms with Gasteiger partial charge in [0.25, 0.3) is 5.91 Å². The van der Waals surface area contributed by atoms with Gasteiger partial charge >= 0.3 is 6.09 Å². The van der Waals surface area contributed by atoms with Gasteiger partial charge in [-0.2, -0.15) is 5.10 Å². The Labute approximate surface area is 228 Å². The van der Waals surface area contributed by atoms with Crippen molar-refractivity contribution in [1.29, 1.82) is 0 Å². The van der Waals surface area contributed by atoms with Crippen molar-refractivity contribution in [3.8, 4) is 17.0 Å². The van der Waals surface area contributed by atoms with Crippen LogP contribution in [0.3, 0.4) is 0 Å². The second-order valence-corrected chi connectivity index (χ2v) is 10.4. The Morgan fingerprint density at radius 2 is 1.82 bits per heavy atom. The van der Waals surface area contributed by atoms with Crippen LogP contribution in [0.15, 0.2) is 48.5 Å². The van der Waals surface area contributed by atoms with Crippen LogP contribution in [0.2, 0.25) is 0 Å². The number of H-pyrrole nitrogens is 1. The van der Waals surface area contributed by atoms with Crippen molar-refractivity contribution >= 4 is 28.7 Å². The number of pyridine rings is 1. The molecule has 0 aliphatic rings. The van der Waals surface area contributed by atoms with E-state index in [-0.39, 0.29) is 19.1 Å². The number of ether oxygens (including phenoxy) is 2. The molecule has 2 aromatic heterocycles. The molecular weight excluding hydrogens is 494 g/mol. The third-order valence-electron chi connectivity index (χ3n) is 5.96. The van der Waals surface area contributed by atoms with Gasteiger partial charge in [-0.25, -0.2) is 9.78 Å². The first-order valence-corrected chi connectivity index (χ1v) is 13.0. The van der Waals surface area contributed by atoms with Crippen molar-refractivity contribution in [2.75, 3.05) is 18.5 Å². The van der Waals surface area contributed by atoms with Crippen LogP contribution in [0.5, 0.6) is 5.75 Å². The minimum absolute atomic E-state index is 0.235. The molecule has 2 amide bonds. The highest BCUT2D eigenvalue weighted by atomic mass is 16.6. The smallest absolute Gasteiger partial charge is 0.407 e. The van der Waals surface area contributed by atoms with Gasteiger partial charge in [-0.15, -0.1) is 0 Å². The second kappa shape index (κ2) is 11.6. The van der Waals surface area contributed by atoms with E-state index in [2.05, 4.69) is 27.8 Å². The normalized spacial score (nSPS) is 11.3. The first-order chi connectivity index (χ1) is 18.5. The van der Waals surface area contributed by atoms with E-state index in [4.69, 9.17) is 14.5 Å². The molecule has 0 aliphatic heterocycles. The number of amides is 2. The summed E-state index contributed by atoms with van der Waals surface area (Å²) < 4.78 is 11.0. The maximum Gasteiger partial charge on any atom is 0.407 e. The van der Waals surface area contributed by atoms with E-state index in [1.54, 1.807) is 32.9 Å². The average molecular weight is 530 g/mol. The summed E-state index contributed by atoms with van der Waals surface area (Å²) in [7, 11) is 0. The third-order valence-corrected chi connectivity index (χ3v) is 5.96. The van der Waals surface area contributed by atoms with Crippen LogP contribution in [0.1, 0.15) is 54.9 Å². The zero-order valence-electron chi connectivity index (χ0n) is 23.3. The van der Waals surface area contributed by atoms with Gasteiger partial charge in [-0.1, -0.05) is 13.0 Å². The Kier molecular flexibility index (Phi) is 8.18. The Hall–Kier alpha value is -4.40. The Morgan fingerprint density at radius 1 is 1.03 bits per heavy atom. The predicted molar refractivity (Wildman–Crippen MR) is 152 cm³/mol. The highest BCUT2D eigenvalue weighted by Crippen LogP contribution is 2.28. The van der Waals surface area contributed by atoms with E-state index >= 15 is 0 Å². The monoisotopic (exact) mass is 529 g/mol. The molecule has 0 aliphatic carbocycles. The molecule has 2 heterocycles. The number of nitrogens with zero attached hydrogens (tertiary/aromatic N) is 2. The minimum Gasteiger partial charge on any atom is -0.492 e. The molecule has 0 saturated heterocycles. The van der Waals surface area contributed by atoms with Crippen LogP contribution in [0.25, 0.3) is 22.3 Å². The molecule has 4 aromatic rings. The average Bonchev–Trinajstić information content (AvgIpc) is 3.29. The van der Waals surface area contributed by atoms with Crippen LogP contribution >= 0.6 is 0 Å². The number of alkyl carbamates (subject to hydrolysis) is 1. The number of aromatic nitrogens is 3. The summed E-state index contributed by atoms with van der Waals surface area (Å²) in [6.45, 7) is 11.9. The molecule has 2 aromatic carbocycles. The number of carbonyl (C=O) groups excluding carboxylic acids is 2. The number of rotatable bonds is 8. The highest BCUT2D eigenvalue weighted by molar-refractivity contribution is 6.05. The molecule has 0 unspecified atom stereocenters. The fraction of sp³-hybridized carbons (Fsp3) is 0.333. The Balaban J connectivity index is 1.43. The summed E-state index contributed by atoms with van der Waals surface area (Å²) in [4.78, 5) is 29.7. The maximum atomic E-state index is 13.1. The van der Waals surface area contributed by atoms with E-state index < -0.39 is 11.7 Å². The van der Waals surface area contributed by atoms with Crippen LogP contribution in [0.4, 0.5) is 10.5 Å². The molecule has 0 bridgehead atoms. The van der Waals surface area contributed by atoms with Gasteiger partial charge in [0.05, 0.1) is 17.9 Å². The van der Waals surface area contributed by atoms with E-state index in [1.165, 1.54) is 0 Å². The molecular formula is C30H35N5O4. The molecule has 9 heteroatoms. The number of anilines is 1. The van der Waals surface area contributed by atoms with Crippen LogP contribution < -0.4 is 15.4 Å². The largest absolute Gasteiger partial charge is 0.492 e. The number of fused-ring (bicyclic) bond motifs is 1. The molecule has 0 atom stereocenters. The van der Waals surface area contributed by atoms with Gasteiger partial charge in [0.1, 0.15) is 18.0 Å². The van der Waals surface area contributed by atoms with Crippen LogP contribution in [0, 0.1) is 13.8 Å². The number of hydrogen-bond donors (Lipinski definition) is 3. The lowest BCUT2D eigenvalue weighted by atomic mass is 10.0. The van der Waals surface area contributed by atoms with Crippen molar-refractivity contribution in [2.45, 2.75) is 53.6 Å². The molecule has 9 nitrogen and oxygen atoms in total. The van der Waals surface area contributed by atoms with Crippen molar-refractivity contribution in [1.82, 2.24) is 20.5 Å². The summed E-state index contributed by atoms with van der Waals surface area (Å²) >= 11 is 0. The molecule has 204 valence electrons. The van der Waals surface area contributed by atoms with Crippen molar-refractivity contribution in [3.05, 3.63) is 70.9 Å². The van der Waals surface area contributed by atoms with Gasteiger partial charge in [0.15, 0.2) is 5.65 Å². The van der Waals surface area contributed by atoms with Gasteiger partial charge in [0.2, 0.25) is 0 Å². The minimum atomic E-state index is -0.565. The first kappa shape index (κ1) is 27.6. The number of aromatic amines is 1. The molecule has 3 N–H and O–H groups in total. The lowest BCUT2D eigenvalue weighted by Gasteiger charge is -2.19. The summed E-state index contributed by atoms with van der Waals surface area (Å²) in [5, 5.41) is 14.0. The standard InChI is InChI=1S/C30H35N5O4/c1-7-25-23-10-11-26(33-27(23)35-34-25)24-17-21(9-8-19(24)3)32-28(36)20-14-18(2)15-22(16-20)38-13-12-31-29(37)39-30(4,5)6/h8-11,14-17H,7,12-13H2,1-6H3,(H,31,37)(H,32,36)(H,33,34,35). The van der Waals surface area contributed by atoms with E-state index in [9.17, 15) is 9.59 Å². The fourth-order valence-electron chi connectivity index (χ4n) is 4.15. The van der Waals surface area contributed by atoms with E-state index in [1.807, 2.05) is 50.2 Å². The first-order valence-electron chi connectivity index (χ1n) is 13.0. The van der Waals surface area contributed by atoms with Crippen molar-refractivity contribution < 1.29 is 19.1 Å². The molecule has 4 rings (SSSR count). The van der Waals surface area contributed by atoms with Crippen molar-refractivity contribution in [3.63, 3.8) is 0 Å². The van der Waals surface area contributed by atoms with Gasteiger partial charge in [-0.3, -0.25) is 9.89 Å². The summed E-state index contributed by atoms with van der Waals surface area (Å²) in [5.74, 6) is 0.286. The van der Waals surface area contributed by atoms with Gasteiger partial charge < -0.3 is 20.1 Å².